The minimum absolute atomic E-state index is 0.593. The second kappa shape index (κ2) is 7.43. The minimum atomic E-state index is 0.593. The summed E-state index contributed by atoms with van der Waals surface area (Å²) in [5.74, 6) is 1.25. The largest absolute Gasteiger partial charge is 0.330 e. The van der Waals surface area contributed by atoms with E-state index >= 15 is 0 Å². The summed E-state index contributed by atoms with van der Waals surface area (Å²) in [6, 6.07) is 2.19. The maximum absolute atomic E-state index is 5.73. The van der Waals surface area contributed by atoms with Gasteiger partial charge >= 0.3 is 0 Å². The standard InChI is InChI=1S/C12H21BrN2S/c1-9(2)10(6-14)7-15-4-3-12-5-11(13)8-16-12/h5,8-10,15H,3-4,6-7,14H2,1-2H3. The van der Waals surface area contributed by atoms with Crippen LogP contribution >= 0.6 is 27.3 Å². The first-order chi connectivity index (χ1) is 7.63. The van der Waals surface area contributed by atoms with E-state index < -0.39 is 0 Å². The van der Waals surface area contributed by atoms with E-state index in [1.54, 1.807) is 0 Å². The van der Waals surface area contributed by atoms with Gasteiger partial charge in [0.15, 0.2) is 0 Å². The Balaban J connectivity index is 2.16. The SMILES string of the molecule is CC(C)C(CN)CNCCc1cc(Br)cs1. The predicted molar refractivity (Wildman–Crippen MR) is 76.0 cm³/mol. The number of nitrogens with two attached hydrogens (primary N) is 1. The number of hydrogen-bond acceptors (Lipinski definition) is 3. The first kappa shape index (κ1) is 14.2. The lowest BCUT2D eigenvalue weighted by Gasteiger charge is -2.19. The topological polar surface area (TPSA) is 38.0 Å². The highest BCUT2D eigenvalue weighted by Crippen LogP contribution is 2.19. The zero-order valence-electron chi connectivity index (χ0n) is 10.0. The molecule has 1 unspecified atom stereocenters. The van der Waals surface area contributed by atoms with E-state index in [4.69, 9.17) is 5.73 Å². The average molecular weight is 305 g/mol. The van der Waals surface area contributed by atoms with Crippen molar-refractivity contribution in [1.29, 1.82) is 0 Å². The van der Waals surface area contributed by atoms with Crippen molar-refractivity contribution in [2.24, 2.45) is 17.6 Å². The Labute approximate surface area is 111 Å². The van der Waals surface area contributed by atoms with Crippen molar-refractivity contribution in [3.63, 3.8) is 0 Å². The number of hydrogen-bond donors (Lipinski definition) is 2. The molecule has 0 radical (unpaired) electrons. The predicted octanol–water partition coefficient (Wildman–Crippen LogP) is 2.87. The van der Waals surface area contributed by atoms with Gasteiger partial charge in [-0.05, 0) is 59.9 Å². The van der Waals surface area contributed by atoms with E-state index in [2.05, 4.69) is 46.5 Å². The van der Waals surface area contributed by atoms with Crippen molar-refractivity contribution < 1.29 is 0 Å². The summed E-state index contributed by atoms with van der Waals surface area (Å²) in [7, 11) is 0. The smallest absolute Gasteiger partial charge is 0.0285 e. The number of thiophene rings is 1. The third kappa shape index (κ3) is 4.95. The van der Waals surface area contributed by atoms with Crippen molar-refractivity contribution in [3.05, 3.63) is 20.8 Å². The van der Waals surface area contributed by atoms with Gasteiger partial charge in [0.25, 0.3) is 0 Å². The Morgan fingerprint density at radius 3 is 2.75 bits per heavy atom. The Bertz CT molecular complexity index is 299. The Morgan fingerprint density at radius 1 is 1.50 bits per heavy atom. The van der Waals surface area contributed by atoms with Gasteiger partial charge in [0, 0.05) is 14.7 Å². The second-order valence-corrected chi connectivity index (χ2v) is 6.34. The summed E-state index contributed by atoms with van der Waals surface area (Å²) in [6.07, 6.45) is 1.10. The molecule has 0 aliphatic rings. The van der Waals surface area contributed by atoms with Gasteiger partial charge in [-0.3, -0.25) is 0 Å². The molecule has 0 saturated heterocycles. The highest BCUT2D eigenvalue weighted by Gasteiger charge is 2.10. The normalized spacial score (nSPS) is 13.3. The molecule has 0 saturated carbocycles. The first-order valence-corrected chi connectivity index (χ1v) is 7.44. The fourth-order valence-corrected chi connectivity index (χ4v) is 3.03. The summed E-state index contributed by atoms with van der Waals surface area (Å²) in [5.41, 5.74) is 5.73. The fourth-order valence-electron chi connectivity index (χ4n) is 1.58. The van der Waals surface area contributed by atoms with Crippen LogP contribution in [0.25, 0.3) is 0 Å². The van der Waals surface area contributed by atoms with Gasteiger partial charge in [0.2, 0.25) is 0 Å². The van der Waals surface area contributed by atoms with E-state index in [-0.39, 0.29) is 0 Å². The summed E-state index contributed by atoms with van der Waals surface area (Å²) < 4.78 is 1.19. The van der Waals surface area contributed by atoms with Crippen LogP contribution in [0.3, 0.4) is 0 Å². The van der Waals surface area contributed by atoms with Crippen LogP contribution in [0.2, 0.25) is 0 Å². The highest BCUT2D eigenvalue weighted by atomic mass is 79.9. The number of rotatable bonds is 7. The molecule has 92 valence electrons. The molecule has 4 heteroatoms. The Kier molecular flexibility index (Phi) is 6.58. The van der Waals surface area contributed by atoms with Crippen molar-refractivity contribution in [2.75, 3.05) is 19.6 Å². The summed E-state index contributed by atoms with van der Waals surface area (Å²) in [4.78, 5) is 1.42. The van der Waals surface area contributed by atoms with E-state index in [1.165, 1.54) is 9.35 Å². The molecule has 2 nitrogen and oxygen atoms in total. The highest BCUT2D eigenvalue weighted by molar-refractivity contribution is 9.10. The van der Waals surface area contributed by atoms with Crippen LogP contribution in [0.4, 0.5) is 0 Å². The van der Waals surface area contributed by atoms with Crippen LogP contribution < -0.4 is 11.1 Å². The van der Waals surface area contributed by atoms with Gasteiger partial charge in [-0.25, -0.2) is 0 Å². The van der Waals surface area contributed by atoms with Crippen molar-refractivity contribution >= 4 is 27.3 Å². The first-order valence-electron chi connectivity index (χ1n) is 5.77. The molecule has 0 amide bonds. The van der Waals surface area contributed by atoms with Gasteiger partial charge in [-0.2, -0.15) is 0 Å². The van der Waals surface area contributed by atoms with Gasteiger partial charge in [0.05, 0.1) is 0 Å². The molecule has 16 heavy (non-hydrogen) atoms. The maximum Gasteiger partial charge on any atom is 0.0285 e. The molecule has 1 atom stereocenters. The second-order valence-electron chi connectivity index (χ2n) is 4.43. The molecular formula is C12H21BrN2S. The summed E-state index contributed by atoms with van der Waals surface area (Å²) in [6.45, 7) is 7.30. The van der Waals surface area contributed by atoms with E-state index in [0.29, 0.717) is 11.8 Å². The molecule has 1 rings (SSSR count). The third-order valence-corrected chi connectivity index (χ3v) is 4.58. The molecular weight excluding hydrogens is 284 g/mol. The monoisotopic (exact) mass is 304 g/mol. The number of halogens is 1. The van der Waals surface area contributed by atoms with Gasteiger partial charge in [-0.1, -0.05) is 13.8 Å². The molecule has 0 aliphatic heterocycles. The van der Waals surface area contributed by atoms with Gasteiger partial charge in [0.1, 0.15) is 0 Å². The maximum atomic E-state index is 5.73. The number of nitrogens with one attached hydrogen (secondary N) is 1. The third-order valence-electron chi connectivity index (χ3n) is 2.82. The fraction of sp³-hybridized carbons (Fsp3) is 0.667. The molecule has 0 aliphatic carbocycles. The van der Waals surface area contributed by atoms with Crippen LogP contribution in [0.1, 0.15) is 18.7 Å². The molecule has 0 aromatic carbocycles. The summed E-state index contributed by atoms with van der Waals surface area (Å²) >= 11 is 5.28. The van der Waals surface area contributed by atoms with Crippen molar-refractivity contribution in [2.45, 2.75) is 20.3 Å². The minimum Gasteiger partial charge on any atom is -0.330 e. The van der Waals surface area contributed by atoms with Crippen LogP contribution in [0, 0.1) is 11.8 Å². The molecule has 1 aromatic rings. The van der Waals surface area contributed by atoms with Crippen LogP contribution in [-0.2, 0) is 6.42 Å². The lowest BCUT2D eigenvalue weighted by atomic mass is 9.96. The van der Waals surface area contributed by atoms with Crippen LogP contribution in [0.15, 0.2) is 15.9 Å². The molecule has 1 heterocycles. The van der Waals surface area contributed by atoms with Crippen molar-refractivity contribution in [3.8, 4) is 0 Å². The zero-order chi connectivity index (χ0) is 12.0. The lowest BCUT2D eigenvalue weighted by molar-refractivity contribution is 0.372. The van der Waals surface area contributed by atoms with Crippen LogP contribution in [0.5, 0.6) is 0 Å². The Morgan fingerprint density at radius 2 is 2.25 bits per heavy atom. The van der Waals surface area contributed by atoms with E-state index in [0.717, 1.165) is 26.1 Å². The average Bonchev–Trinajstić information content (AvgIpc) is 2.64. The zero-order valence-corrected chi connectivity index (χ0v) is 12.4. The lowest BCUT2D eigenvalue weighted by Crippen LogP contribution is -2.32. The molecule has 1 aromatic heterocycles. The van der Waals surface area contributed by atoms with Gasteiger partial charge in [-0.15, -0.1) is 11.3 Å². The Hall–Kier alpha value is 0.1000. The molecule has 0 bridgehead atoms. The van der Waals surface area contributed by atoms with E-state index in [1.807, 2.05) is 11.3 Å². The van der Waals surface area contributed by atoms with Gasteiger partial charge < -0.3 is 11.1 Å². The molecule has 0 spiro atoms. The van der Waals surface area contributed by atoms with Crippen molar-refractivity contribution in [1.82, 2.24) is 5.32 Å². The summed E-state index contributed by atoms with van der Waals surface area (Å²) in [5, 5.41) is 5.62. The molecule has 3 N–H and O–H groups in total. The van der Waals surface area contributed by atoms with E-state index in [9.17, 15) is 0 Å². The molecule has 0 fully saturated rings. The quantitative estimate of drug-likeness (QED) is 0.760. The van der Waals surface area contributed by atoms with Crippen LogP contribution in [-0.4, -0.2) is 19.6 Å².